The van der Waals surface area contributed by atoms with E-state index in [4.69, 9.17) is 10.7 Å². The number of pyridine rings is 1. The van der Waals surface area contributed by atoms with E-state index < -0.39 is 0 Å². The van der Waals surface area contributed by atoms with Gasteiger partial charge < -0.3 is 10.6 Å². The predicted octanol–water partition coefficient (Wildman–Crippen LogP) is 3.83. The number of anilines is 2. The fraction of sp³-hybridized carbons (Fsp3) is 0.471. The van der Waals surface area contributed by atoms with Crippen LogP contribution in [0.2, 0.25) is 0 Å². The minimum Gasteiger partial charge on any atom is -0.399 e. The van der Waals surface area contributed by atoms with Crippen molar-refractivity contribution in [1.82, 2.24) is 4.98 Å². The number of benzene rings is 1. The molecule has 1 aromatic heterocycles. The Hall–Kier alpha value is -1.77. The summed E-state index contributed by atoms with van der Waals surface area (Å²) in [6.45, 7) is 2.36. The number of nitrogens with zero attached hydrogens (tertiary/aromatic N) is 2. The van der Waals surface area contributed by atoms with E-state index in [2.05, 4.69) is 31.0 Å². The molecule has 3 heteroatoms. The largest absolute Gasteiger partial charge is 0.399 e. The highest BCUT2D eigenvalue weighted by Gasteiger charge is 2.25. The van der Waals surface area contributed by atoms with Crippen molar-refractivity contribution >= 4 is 22.4 Å². The molecule has 2 atom stereocenters. The van der Waals surface area contributed by atoms with Crippen molar-refractivity contribution < 1.29 is 0 Å². The molecule has 1 aromatic carbocycles. The van der Waals surface area contributed by atoms with Crippen molar-refractivity contribution in [3.63, 3.8) is 0 Å². The number of hydrogen-bond acceptors (Lipinski definition) is 3. The van der Waals surface area contributed by atoms with Crippen molar-refractivity contribution in [1.29, 1.82) is 0 Å². The molecule has 0 saturated heterocycles. The zero-order valence-electron chi connectivity index (χ0n) is 12.3. The summed E-state index contributed by atoms with van der Waals surface area (Å²) >= 11 is 0. The lowest BCUT2D eigenvalue weighted by molar-refractivity contribution is 0.321. The van der Waals surface area contributed by atoms with Crippen molar-refractivity contribution in [2.24, 2.45) is 5.92 Å². The highest BCUT2D eigenvalue weighted by molar-refractivity contribution is 5.83. The van der Waals surface area contributed by atoms with Crippen LogP contribution in [0.15, 0.2) is 30.3 Å². The second kappa shape index (κ2) is 5.31. The van der Waals surface area contributed by atoms with Gasteiger partial charge in [0.2, 0.25) is 0 Å². The third-order valence-electron chi connectivity index (χ3n) is 4.62. The van der Waals surface area contributed by atoms with Crippen LogP contribution in [0, 0.1) is 5.92 Å². The summed E-state index contributed by atoms with van der Waals surface area (Å²) in [7, 11) is 2.18. The molecule has 1 saturated carbocycles. The van der Waals surface area contributed by atoms with Crippen LogP contribution in [0.4, 0.5) is 11.5 Å². The highest BCUT2D eigenvalue weighted by atomic mass is 15.2. The van der Waals surface area contributed by atoms with Crippen LogP contribution < -0.4 is 10.6 Å². The molecule has 20 heavy (non-hydrogen) atoms. The van der Waals surface area contributed by atoms with E-state index >= 15 is 0 Å². The van der Waals surface area contributed by atoms with Crippen LogP contribution in [-0.2, 0) is 0 Å². The summed E-state index contributed by atoms with van der Waals surface area (Å²) < 4.78 is 0. The molecule has 2 aromatic rings. The summed E-state index contributed by atoms with van der Waals surface area (Å²) in [6.07, 6.45) is 5.32. The third-order valence-corrected chi connectivity index (χ3v) is 4.62. The van der Waals surface area contributed by atoms with Crippen LogP contribution in [0.25, 0.3) is 10.9 Å². The fourth-order valence-corrected chi connectivity index (χ4v) is 3.37. The van der Waals surface area contributed by atoms with E-state index in [0.29, 0.717) is 6.04 Å². The second-order valence-electron chi connectivity index (χ2n) is 6.06. The average Bonchev–Trinajstić information content (AvgIpc) is 2.46. The SMILES string of the molecule is CC1CCCCC1N(C)c1ccc2cc(N)ccc2n1. The minimum absolute atomic E-state index is 0.613. The third kappa shape index (κ3) is 2.45. The summed E-state index contributed by atoms with van der Waals surface area (Å²) in [4.78, 5) is 7.16. The molecular weight excluding hydrogens is 246 g/mol. The Morgan fingerprint density at radius 1 is 1.15 bits per heavy atom. The number of rotatable bonds is 2. The summed E-state index contributed by atoms with van der Waals surface area (Å²) in [6, 6.07) is 10.8. The van der Waals surface area contributed by atoms with E-state index in [9.17, 15) is 0 Å². The average molecular weight is 269 g/mol. The summed E-state index contributed by atoms with van der Waals surface area (Å²) in [5.74, 6) is 1.82. The lowest BCUT2D eigenvalue weighted by Gasteiger charge is -2.37. The first-order chi connectivity index (χ1) is 9.65. The molecule has 2 unspecified atom stereocenters. The molecule has 1 aliphatic rings. The van der Waals surface area contributed by atoms with Crippen molar-refractivity contribution in [2.75, 3.05) is 17.7 Å². The van der Waals surface area contributed by atoms with Crippen LogP contribution in [0.1, 0.15) is 32.6 Å². The second-order valence-corrected chi connectivity index (χ2v) is 6.06. The van der Waals surface area contributed by atoms with Gasteiger partial charge in [0, 0.05) is 24.2 Å². The van der Waals surface area contributed by atoms with E-state index in [1.165, 1.54) is 25.7 Å². The maximum absolute atomic E-state index is 5.82. The van der Waals surface area contributed by atoms with Crippen LogP contribution in [0.3, 0.4) is 0 Å². The van der Waals surface area contributed by atoms with Gasteiger partial charge in [-0.25, -0.2) is 4.98 Å². The van der Waals surface area contributed by atoms with Crippen molar-refractivity contribution in [2.45, 2.75) is 38.6 Å². The van der Waals surface area contributed by atoms with Gasteiger partial charge in [0.1, 0.15) is 5.82 Å². The van der Waals surface area contributed by atoms with Crippen molar-refractivity contribution in [3.8, 4) is 0 Å². The molecule has 3 nitrogen and oxygen atoms in total. The molecule has 106 valence electrons. The molecule has 0 bridgehead atoms. The van der Waals surface area contributed by atoms with Gasteiger partial charge in [0.25, 0.3) is 0 Å². The monoisotopic (exact) mass is 269 g/mol. The Balaban J connectivity index is 1.91. The lowest BCUT2D eigenvalue weighted by atomic mass is 9.85. The van der Waals surface area contributed by atoms with Gasteiger partial charge in [0.05, 0.1) is 5.52 Å². The standard InChI is InChI=1S/C17H23N3/c1-12-5-3-4-6-16(12)20(2)17-10-7-13-11-14(18)8-9-15(13)19-17/h7-12,16H,3-6,18H2,1-2H3. The maximum atomic E-state index is 5.82. The number of nitrogens with two attached hydrogens (primary N) is 1. The van der Waals surface area contributed by atoms with Crippen LogP contribution in [0.5, 0.6) is 0 Å². The van der Waals surface area contributed by atoms with E-state index in [1.54, 1.807) is 0 Å². The molecule has 3 rings (SSSR count). The minimum atomic E-state index is 0.613. The van der Waals surface area contributed by atoms with Gasteiger partial charge in [-0.1, -0.05) is 19.8 Å². The Labute approximate surface area is 120 Å². The van der Waals surface area contributed by atoms with Crippen LogP contribution in [-0.4, -0.2) is 18.1 Å². The summed E-state index contributed by atoms with van der Waals surface area (Å²) in [5, 5.41) is 1.11. The molecule has 0 amide bonds. The lowest BCUT2D eigenvalue weighted by Crippen LogP contribution is -2.39. The van der Waals surface area contributed by atoms with Gasteiger partial charge in [-0.3, -0.25) is 0 Å². The molecule has 1 fully saturated rings. The zero-order valence-corrected chi connectivity index (χ0v) is 12.3. The van der Waals surface area contributed by atoms with Gasteiger partial charge in [0.15, 0.2) is 0 Å². The van der Waals surface area contributed by atoms with E-state index in [-0.39, 0.29) is 0 Å². The molecule has 0 aliphatic heterocycles. The molecule has 2 N–H and O–H groups in total. The number of hydrogen-bond donors (Lipinski definition) is 1. The van der Waals surface area contributed by atoms with Gasteiger partial charge in [-0.2, -0.15) is 0 Å². The first-order valence-corrected chi connectivity index (χ1v) is 7.54. The Bertz CT molecular complexity index is 608. The van der Waals surface area contributed by atoms with Crippen LogP contribution >= 0.6 is 0 Å². The molecule has 0 radical (unpaired) electrons. The Morgan fingerprint density at radius 3 is 2.75 bits per heavy atom. The fourth-order valence-electron chi connectivity index (χ4n) is 3.37. The number of aromatic nitrogens is 1. The highest BCUT2D eigenvalue weighted by Crippen LogP contribution is 2.30. The molecule has 1 aliphatic carbocycles. The van der Waals surface area contributed by atoms with E-state index in [1.807, 2.05) is 18.2 Å². The molecular formula is C17H23N3. The summed E-state index contributed by atoms with van der Waals surface area (Å²) in [5.41, 5.74) is 7.63. The van der Waals surface area contributed by atoms with Gasteiger partial charge in [-0.15, -0.1) is 0 Å². The maximum Gasteiger partial charge on any atom is 0.129 e. The van der Waals surface area contributed by atoms with Gasteiger partial charge >= 0.3 is 0 Å². The predicted molar refractivity (Wildman–Crippen MR) is 86.0 cm³/mol. The first-order valence-electron chi connectivity index (χ1n) is 7.54. The first kappa shape index (κ1) is 13.2. The molecule has 1 heterocycles. The van der Waals surface area contributed by atoms with E-state index in [0.717, 1.165) is 28.3 Å². The van der Waals surface area contributed by atoms with Gasteiger partial charge in [-0.05, 0) is 49.1 Å². The smallest absolute Gasteiger partial charge is 0.129 e. The number of fused-ring (bicyclic) bond motifs is 1. The normalized spacial score (nSPS) is 22.9. The quantitative estimate of drug-likeness (QED) is 0.842. The topological polar surface area (TPSA) is 42.1 Å². The molecule has 0 spiro atoms. The Morgan fingerprint density at radius 2 is 1.95 bits per heavy atom. The zero-order chi connectivity index (χ0) is 14.1. The Kier molecular flexibility index (Phi) is 3.51. The van der Waals surface area contributed by atoms with Crippen molar-refractivity contribution in [3.05, 3.63) is 30.3 Å². The number of nitrogen functional groups attached to an aromatic ring is 1.